The number of hydrogen-bond donors (Lipinski definition) is 0. The normalized spacial score (nSPS) is 15.7. The van der Waals surface area contributed by atoms with Gasteiger partial charge in [-0.05, 0) is 76.1 Å². The van der Waals surface area contributed by atoms with Crippen molar-refractivity contribution in [1.29, 1.82) is 5.26 Å². The number of ether oxygens (including phenoxy) is 1. The van der Waals surface area contributed by atoms with E-state index in [0.29, 0.717) is 34.5 Å². The highest BCUT2D eigenvalue weighted by Crippen LogP contribution is 2.35. The summed E-state index contributed by atoms with van der Waals surface area (Å²) in [6.07, 6.45) is 2.72. The summed E-state index contributed by atoms with van der Waals surface area (Å²) in [7, 11) is 0. The van der Waals surface area contributed by atoms with Gasteiger partial charge in [-0.15, -0.1) is 0 Å². The topological polar surface area (TPSA) is 65.7 Å². The van der Waals surface area contributed by atoms with Crippen LogP contribution in [-0.4, -0.2) is 22.5 Å². The molecule has 34 heavy (non-hydrogen) atoms. The Hall–Kier alpha value is -3.34. The Labute approximate surface area is 211 Å². The van der Waals surface area contributed by atoms with Gasteiger partial charge < -0.3 is 4.74 Å². The van der Waals surface area contributed by atoms with E-state index in [4.69, 9.17) is 9.73 Å². The fraction of sp³-hybridized carbons (Fsp3) is 0.148. The minimum atomic E-state index is -0.0360. The lowest BCUT2D eigenvalue weighted by Crippen LogP contribution is -2.29. The van der Waals surface area contributed by atoms with Crippen molar-refractivity contribution in [2.24, 2.45) is 4.99 Å². The average molecular weight is 532 g/mol. The number of carbonyl (C=O) groups excluding carboxylic acids is 1. The van der Waals surface area contributed by atoms with Gasteiger partial charge in [0.15, 0.2) is 5.17 Å². The first kappa shape index (κ1) is 23.8. The van der Waals surface area contributed by atoms with Crippen LogP contribution in [0.2, 0.25) is 0 Å². The second kappa shape index (κ2) is 11.2. The van der Waals surface area contributed by atoms with Crippen LogP contribution in [0.15, 0.2) is 87.2 Å². The van der Waals surface area contributed by atoms with Gasteiger partial charge >= 0.3 is 0 Å². The monoisotopic (exact) mass is 531 g/mol. The molecule has 170 valence electrons. The number of carbonyl (C=O) groups is 1. The number of benzene rings is 3. The Morgan fingerprint density at radius 1 is 1.12 bits per heavy atom. The third-order valence-corrected chi connectivity index (χ3v) is 6.72. The van der Waals surface area contributed by atoms with Crippen molar-refractivity contribution >= 4 is 50.5 Å². The van der Waals surface area contributed by atoms with E-state index in [1.165, 1.54) is 11.8 Å². The summed E-state index contributed by atoms with van der Waals surface area (Å²) >= 11 is 4.96. The Morgan fingerprint density at radius 3 is 2.62 bits per heavy atom. The van der Waals surface area contributed by atoms with E-state index >= 15 is 0 Å². The molecule has 0 N–H and O–H groups in total. The van der Waals surface area contributed by atoms with E-state index in [0.717, 1.165) is 27.7 Å². The van der Waals surface area contributed by atoms with Gasteiger partial charge in [-0.1, -0.05) is 49.4 Å². The zero-order chi connectivity index (χ0) is 23.9. The first-order valence-corrected chi connectivity index (χ1v) is 12.5. The number of nitriles is 1. The van der Waals surface area contributed by atoms with Crippen molar-refractivity contribution in [3.8, 4) is 11.8 Å². The average Bonchev–Trinajstić information content (AvgIpc) is 3.13. The number of rotatable bonds is 7. The fourth-order valence-electron chi connectivity index (χ4n) is 3.41. The molecule has 1 fully saturated rings. The molecule has 1 heterocycles. The minimum Gasteiger partial charge on any atom is -0.488 e. The standard InChI is InChI=1S/C27H22BrN3O2S/c1-2-14-31-26(32)25(34-27(31)30-22-10-4-3-5-11-22)16-19-12-13-24(23(28)15-19)33-18-21-9-7-6-8-20(21)17-29/h3-13,15-16H,2,14,18H2,1H3/b25-16+,30-27?. The molecule has 5 nitrogen and oxygen atoms in total. The number of thioether (sulfide) groups is 1. The number of para-hydroxylation sites is 1. The van der Waals surface area contributed by atoms with Crippen molar-refractivity contribution < 1.29 is 9.53 Å². The van der Waals surface area contributed by atoms with Crippen LogP contribution in [0, 0.1) is 11.3 Å². The fourth-order valence-corrected chi connectivity index (χ4v) is 4.95. The first-order valence-electron chi connectivity index (χ1n) is 10.8. The summed E-state index contributed by atoms with van der Waals surface area (Å²) < 4.78 is 6.70. The minimum absolute atomic E-state index is 0.0360. The zero-order valence-electron chi connectivity index (χ0n) is 18.6. The van der Waals surface area contributed by atoms with Gasteiger partial charge in [0, 0.05) is 12.1 Å². The zero-order valence-corrected chi connectivity index (χ0v) is 21.0. The third-order valence-electron chi connectivity index (χ3n) is 5.09. The molecule has 0 aliphatic carbocycles. The lowest BCUT2D eigenvalue weighted by molar-refractivity contribution is -0.122. The molecular weight excluding hydrogens is 510 g/mol. The van der Waals surface area contributed by atoms with Gasteiger partial charge in [-0.2, -0.15) is 5.26 Å². The molecule has 0 atom stereocenters. The lowest BCUT2D eigenvalue weighted by atomic mass is 10.1. The van der Waals surface area contributed by atoms with Crippen LogP contribution in [0.1, 0.15) is 30.0 Å². The Kier molecular flexibility index (Phi) is 7.84. The van der Waals surface area contributed by atoms with E-state index in [9.17, 15) is 10.1 Å². The van der Waals surface area contributed by atoms with E-state index < -0.39 is 0 Å². The van der Waals surface area contributed by atoms with Crippen LogP contribution >= 0.6 is 27.7 Å². The maximum absolute atomic E-state index is 13.1. The van der Waals surface area contributed by atoms with Crippen molar-refractivity contribution in [2.75, 3.05) is 6.54 Å². The molecule has 1 amide bonds. The second-order valence-electron chi connectivity index (χ2n) is 7.54. The summed E-state index contributed by atoms with van der Waals surface area (Å²) in [4.78, 5) is 20.1. The second-order valence-corrected chi connectivity index (χ2v) is 9.41. The van der Waals surface area contributed by atoms with E-state index in [1.54, 1.807) is 11.0 Å². The van der Waals surface area contributed by atoms with Gasteiger partial charge in [0.1, 0.15) is 12.4 Å². The molecule has 1 aliphatic heterocycles. The molecule has 0 bridgehead atoms. The summed E-state index contributed by atoms with van der Waals surface area (Å²) in [6.45, 7) is 2.96. The molecule has 0 unspecified atom stereocenters. The molecule has 1 aliphatic rings. The van der Waals surface area contributed by atoms with Crippen LogP contribution in [0.25, 0.3) is 6.08 Å². The Balaban J connectivity index is 1.53. The predicted octanol–water partition coefficient (Wildman–Crippen LogP) is 6.91. The predicted molar refractivity (Wildman–Crippen MR) is 141 cm³/mol. The van der Waals surface area contributed by atoms with Gasteiger partial charge in [0.25, 0.3) is 5.91 Å². The van der Waals surface area contributed by atoms with Crippen molar-refractivity contribution in [2.45, 2.75) is 20.0 Å². The molecule has 1 saturated heterocycles. The van der Waals surface area contributed by atoms with Gasteiger partial charge in [0.05, 0.1) is 26.7 Å². The number of halogens is 1. The number of amides is 1. The van der Waals surface area contributed by atoms with Gasteiger partial charge in [-0.25, -0.2) is 4.99 Å². The largest absolute Gasteiger partial charge is 0.488 e. The van der Waals surface area contributed by atoms with Crippen molar-refractivity contribution in [1.82, 2.24) is 4.90 Å². The SMILES string of the molecule is CCCN1C(=O)/C(=C\c2ccc(OCc3ccccc3C#N)c(Br)c2)SC1=Nc1ccccc1. The Morgan fingerprint density at radius 2 is 1.88 bits per heavy atom. The van der Waals surface area contributed by atoms with Crippen molar-refractivity contribution in [3.05, 3.63) is 98.9 Å². The lowest BCUT2D eigenvalue weighted by Gasteiger charge is -2.13. The van der Waals surface area contributed by atoms with E-state index in [2.05, 4.69) is 22.0 Å². The van der Waals surface area contributed by atoms with Crippen LogP contribution in [0.5, 0.6) is 5.75 Å². The molecular formula is C27H22BrN3O2S. The molecule has 0 aromatic heterocycles. The van der Waals surface area contributed by atoms with Crippen LogP contribution < -0.4 is 4.74 Å². The molecule has 0 radical (unpaired) electrons. The van der Waals surface area contributed by atoms with Gasteiger partial charge in [-0.3, -0.25) is 9.69 Å². The van der Waals surface area contributed by atoms with Gasteiger partial charge in [0.2, 0.25) is 0 Å². The summed E-state index contributed by atoms with van der Waals surface area (Å²) in [5, 5.41) is 9.95. The molecule has 4 rings (SSSR count). The van der Waals surface area contributed by atoms with E-state index in [1.807, 2.05) is 79.7 Å². The first-order chi connectivity index (χ1) is 16.6. The van der Waals surface area contributed by atoms with Crippen molar-refractivity contribution in [3.63, 3.8) is 0 Å². The van der Waals surface area contributed by atoms with Crippen LogP contribution in [0.4, 0.5) is 5.69 Å². The smallest absolute Gasteiger partial charge is 0.266 e. The molecule has 7 heteroatoms. The molecule has 3 aromatic rings. The summed E-state index contributed by atoms with van der Waals surface area (Å²) in [6, 6.07) is 24.9. The highest BCUT2D eigenvalue weighted by atomic mass is 79.9. The van der Waals surface area contributed by atoms with E-state index in [-0.39, 0.29) is 5.91 Å². The van der Waals surface area contributed by atoms with Crippen LogP contribution in [-0.2, 0) is 11.4 Å². The number of nitrogens with zero attached hydrogens (tertiary/aromatic N) is 3. The number of amidine groups is 1. The van der Waals surface area contributed by atoms with Crippen LogP contribution in [0.3, 0.4) is 0 Å². The Bertz CT molecular complexity index is 1300. The summed E-state index contributed by atoms with van der Waals surface area (Å²) in [5.41, 5.74) is 3.13. The maximum Gasteiger partial charge on any atom is 0.266 e. The maximum atomic E-state index is 13.1. The quantitative estimate of drug-likeness (QED) is 0.310. The number of hydrogen-bond acceptors (Lipinski definition) is 5. The molecule has 3 aromatic carbocycles. The molecule has 0 saturated carbocycles. The number of aliphatic imine (C=N–C) groups is 1. The third kappa shape index (κ3) is 5.58. The highest BCUT2D eigenvalue weighted by molar-refractivity contribution is 9.10. The summed E-state index contributed by atoms with van der Waals surface area (Å²) in [5.74, 6) is 0.630. The highest BCUT2D eigenvalue weighted by Gasteiger charge is 2.32. The molecule has 0 spiro atoms.